The number of hydrogen-bond acceptors (Lipinski definition) is 3. The highest BCUT2D eigenvalue weighted by Crippen LogP contribution is 2.23. The zero-order chi connectivity index (χ0) is 15.5. The summed E-state index contributed by atoms with van der Waals surface area (Å²) in [7, 11) is 0. The van der Waals surface area contributed by atoms with Gasteiger partial charge in [-0.05, 0) is 30.3 Å². The highest BCUT2D eigenvalue weighted by Gasteiger charge is 2.16. The Morgan fingerprint density at radius 2 is 2.05 bits per heavy atom. The van der Waals surface area contributed by atoms with Crippen LogP contribution in [0.15, 0.2) is 55.1 Å². The molecule has 3 aromatic rings. The lowest BCUT2D eigenvalue weighted by Gasteiger charge is -2.15. The maximum absolute atomic E-state index is 13.7. The Bertz CT molecular complexity index is 774. The normalized spacial score (nSPS) is 12.3. The number of nitrogens with zero attached hydrogens (tertiary/aromatic N) is 3. The number of aromatic nitrogens is 3. The minimum absolute atomic E-state index is 0.0601. The molecule has 0 spiro atoms. The average Bonchev–Trinajstić information content (AvgIpc) is 2.98. The van der Waals surface area contributed by atoms with E-state index in [1.165, 1.54) is 0 Å². The van der Waals surface area contributed by atoms with Gasteiger partial charge in [0.1, 0.15) is 17.5 Å². The third-order valence-corrected chi connectivity index (χ3v) is 3.32. The van der Waals surface area contributed by atoms with Gasteiger partial charge in [0, 0.05) is 35.9 Å². The monoisotopic (exact) mass is 301 g/mol. The van der Waals surface area contributed by atoms with Crippen LogP contribution in [0.3, 0.4) is 0 Å². The molecule has 0 saturated heterocycles. The Morgan fingerprint density at radius 1 is 1.18 bits per heavy atom. The van der Waals surface area contributed by atoms with E-state index in [-0.39, 0.29) is 12.1 Å². The molecule has 0 saturated carbocycles. The number of hydrogen-bond donors (Lipinski definition) is 1. The van der Waals surface area contributed by atoms with Crippen LogP contribution in [-0.2, 0) is 6.54 Å². The van der Waals surface area contributed by atoms with Gasteiger partial charge in [0.15, 0.2) is 0 Å². The largest absolute Gasteiger partial charge is 0.386 e. The minimum atomic E-state index is -1.18. The molecule has 0 radical (unpaired) electrons. The standard InChI is InChI=1S/C16H13F2N3O/c17-12-3-4-14(18)13(8-12)15(22)10-21-7-6-20-16(21)11-2-1-5-19-9-11/h1-9,15,22H,10H2. The molecule has 112 valence electrons. The molecule has 1 atom stereocenters. The van der Waals surface area contributed by atoms with Crippen molar-refractivity contribution in [3.05, 3.63) is 72.3 Å². The Hall–Kier alpha value is -2.60. The lowest BCUT2D eigenvalue weighted by atomic mass is 10.1. The van der Waals surface area contributed by atoms with Gasteiger partial charge in [0.05, 0.1) is 12.6 Å². The summed E-state index contributed by atoms with van der Waals surface area (Å²) in [6, 6.07) is 6.63. The number of pyridine rings is 1. The topological polar surface area (TPSA) is 50.9 Å². The van der Waals surface area contributed by atoms with Crippen molar-refractivity contribution in [2.24, 2.45) is 0 Å². The van der Waals surface area contributed by atoms with Crippen molar-refractivity contribution in [1.82, 2.24) is 14.5 Å². The molecule has 2 aromatic heterocycles. The third kappa shape index (κ3) is 2.87. The van der Waals surface area contributed by atoms with Gasteiger partial charge in [0.25, 0.3) is 0 Å². The highest BCUT2D eigenvalue weighted by molar-refractivity contribution is 5.53. The summed E-state index contributed by atoms with van der Waals surface area (Å²) in [5.74, 6) is -0.630. The van der Waals surface area contributed by atoms with Crippen LogP contribution in [0.5, 0.6) is 0 Å². The first-order valence-electron chi connectivity index (χ1n) is 6.69. The predicted molar refractivity (Wildman–Crippen MR) is 76.8 cm³/mol. The van der Waals surface area contributed by atoms with E-state index in [9.17, 15) is 13.9 Å². The van der Waals surface area contributed by atoms with Crippen molar-refractivity contribution in [3.8, 4) is 11.4 Å². The minimum Gasteiger partial charge on any atom is -0.386 e. The van der Waals surface area contributed by atoms with Crippen molar-refractivity contribution in [1.29, 1.82) is 0 Å². The first-order chi connectivity index (χ1) is 10.6. The van der Waals surface area contributed by atoms with Crippen LogP contribution in [-0.4, -0.2) is 19.6 Å². The Morgan fingerprint density at radius 3 is 2.82 bits per heavy atom. The molecule has 3 rings (SSSR count). The number of rotatable bonds is 4. The van der Waals surface area contributed by atoms with Crippen LogP contribution in [0.4, 0.5) is 8.78 Å². The summed E-state index contributed by atoms with van der Waals surface area (Å²) in [6.45, 7) is 0.0601. The molecule has 0 amide bonds. The van der Waals surface area contributed by atoms with E-state index >= 15 is 0 Å². The second kappa shape index (κ2) is 6.03. The van der Waals surface area contributed by atoms with Gasteiger partial charge in [-0.1, -0.05) is 0 Å². The fourth-order valence-electron chi connectivity index (χ4n) is 2.27. The van der Waals surface area contributed by atoms with E-state index in [1.807, 2.05) is 6.07 Å². The van der Waals surface area contributed by atoms with E-state index in [4.69, 9.17) is 0 Å². The van der Waals surface area contributed by atoms with Gasteiger partial charge in [0.2, 0.25) is 0 Å². The molecule has 1 unspecified atom stereocenters. The van der Waals surface area contributed by atoms with E-state index < -0.39 is 17.7 Å². The van der Waals surface area contributed by atoms with Gasteiger partial charge in [-0.15, -0.1) is 0 Å². The molecule has 1 N–H and O–H groups in total. The van der Waals surface area contributed by atoms with E-state index in [1.54, 1.807) is 35.4 Å². The van der Waals surface area contributed by atoms with Crippen LogP contribution >= 0.6 is 0 Å². The van der Waals surface area contributed by atoms with Crippen LogP contribution in [0.1, 0.15) is 11.7 Å². The van der Waals surface area contributed by atoms with Crippen LogP contribution in [0.25, 0.3) is 11.4 Å². The fraction of sp³-hybridized carbons (Fsp3) is 0.125. The molecule has 22 heavy (non-hydrogen) atoms. The van der Waals surface area contributed by atoms with E-state index in [0.717, 1.165) is 23.8 Å². The lowest BCUT2D eigenvalue weighted by molar-refractivity contribution is 0.152. The Kier molecular flexibility index (Phi) is 3.93. The number of aliphatic hydroxyl groups excluding tert-OH is 1. The summed E-state index contributed by atoms with van der Waals surface area (Å²) in [5, 5.41) is 10.2. The third-order valence-electron chi connectivity index (χ3n) is 3.32. The van der Waals surface area contributed by atoms with Gasteiger partial charge in [-0.25, -0.2) is 13.8 Å². The maximum atomic E-state index is 13.7. The van der Waals surface area contributed by atoms with Crippen molar-refractivity contribution >= 4 is 0 Å². The molecular formula is C16H13F2N3O. The first kappa shape index (κ1) is 14.3. The molecule has 0 fully saturated rings. The number of aliphatic hydroxyl groups is 1. The molecular weight excluding hydrogens is 288 g/mol. The quantitative estimate of drug-likeness (QED) is 0.806. The van der Waals surface area contributed by atoms with Crippen molar-refractivity contribution in [3.63, 3.8) is 0 Å². The smallest absolute Gasteiger partial charge is 0.141 e. The van der Waals surface area contributed by atoms with Crippen molar-refractivity contribution in [2.45, 2.75) is 12.6 Å². The van der Waals surface area contributed by atoms with Gasteiger partial charge >= 0.3 is 0 Å². The van der Waals surface area contributed by atoms with Crippen molar-refractivity contribution in [2.75, 3.05) is 0 Å². The Labute approximate surface area is 125 Å². The molecule has 2 heterocycles. The molecule has 4 nitrogen and oxygen atoms in total. The first-order valence-corrected chi connectivity index (χ1v) is 6.69. The summed E-state index contributed by atoms with van der Waals surface area (Å²) in [6.07, 6.45) is 5.36. The maximum Gasteiger partial charge on any atom is 0.141 e. The number of imidazole rings is 1. The highest BCUT2D eigenvalue weighted by atomic mass is 19.1. The van der Waals surface area contributed by atoms with Crippen LogP contribution in [0, 0.1) is 11.6 Å². The van der Waals surface area contributed by atoms with Crippen LogP contribution < -0.4 is 0 Å². The number of halogens is 2. The van der Waals surface area contributed by atoms with E-state index in [2.05, 4.69) is 9.97 Å². The molecule has 0 aliphatic heterocycles. The predicted octanol–water partition coefficient (Wildman–Crippen LogP) is 2.96. The number of benzene rings is 1. The molecule has 0 aliphatic rings. The molecule has 6 heteroatoms. The van der Waals surface area contributed by atoms with E-state index in [0.29, 0.717) is 5.82 Å². The van der Waals surface area contributed by atoms with Crippen LogP contribution in [0.2, 0.25) is 0 Å². The second-order valence-corrected chi connectivity index (χ2v) is 4.83. The molecule has 0 bridgehead atoms. The average molecular weight is 301 g/mol. The SMILES string of the molecule is OC(Cn1ccnc1-c1cccnc1)c1cc(F)ccc1F. The fourth-order valence-corrected chi connectivity index (χ4v) is 2.27. The lowest BCUT2D eigenvalue weighted by Crippen LogP contribution is -2.11. The summed E-state index contributed by atoms with van der Waals surface area (Å²) in [4.78, 5) is 8.24. The molecule has 1 aromatic carbocycles. The Balaban J connectivity index is 1.88. The zero-order valence-electron chi connectivity index (χ0n) is 11.5. The van der Waals surface area contributed by atoms with Gasteiger partial charge < -0.3 is 9.67 Å². The summed E-state index contributed by atoms with van der Waals surface area (Å²) < 4.78 is 28.6. The van der Waals surface area contributed by atoms with Crippen molar-refractivity contribution < 1.29 is 13.9 Å². The summed E-state index contributed by atoms with van der Waals surface area (Å²) in [5.41, 5.74) is 0.699. The molecule has 0 aliphatic carbocycles. The second-order valence-electron chi connectivity index (χ2n) is 4.83. The van der Waals surface area contributed by atoms with Gasteiger partial charge in [-0.3, -0.25) is 4.98 Å². The summed E-state index contributed by atoms with van der Waals surface area (Å²) >= 11 is 0. The van der Waals surface area contributed by atoms with Gasteiger partial charge in [-0.2, -0.15) is 0 Å². The zero-order valence-corrected chi connectivity index (χ0v) is 11.5.